The van der Waals surface area contributed by atoms with E-state index in [1.54, 1.807) is 0 Å². The number of guanidine groups is 1. The van der Waals surface area contributed by atoms with Crippen LogP contribution in [0.15, 0.2) is 35.3 Å². The highest BCUT2D eigenvalue weighted by Crippen LogP contribution is 2.09. The van der Waals surface area contributed by atoms with Gasteiger partial charge in [-0.15, -0.1) is 24.0 Å². The summed E-state index contributed by atoms with van der Waals surface area (Å²) in [4.78, 5) is 7.11. The van der Waals surface area contributed by atoms with Crippen LogP contribution in [0.5, 0.6) is 0 Å². The Bertz CT molecular complexity index is 690. The van der Waals surface area contributed by atoms with Gasteiger partial charge in [0.2, 0.25) is 0 Å². The molecule has 8 heteroatoms. The van der Waals surface area contributed by atoms with Crippen molar-refractivity contribution in [1.82, 2.24) is 15.5 Å². The summed E-state index contributed by atoms with van der Waals surface area (Å²) in [5, 5.41) is 6.62. The van der Waals surface area contributed by atoms with E-state index in [4.69, 9.17) is 0 Å². The first kappa shape index (κ1) is 27.2. The van der Waals surface area contributed by atoms with Gasteiger partial charge in [-0.1, -0.05) is 43.2 Å². The van der Waals surface area contributed by atoms with Crippen LogP contribution in [-0.2, 0) is 15.6 Å². The third-order valence-electron chi connectivity index (χ3n) is 5.10. The molecule has 0 bridgehead atoms. The molecule has 0 unspecified atom stereocenters. The normalized spacial score (nSPS) is 15.8. The van der Waals surface area contributed by atoms with Gasteiger partial charge >= 0.3 is 0 Å². The van der Waals surface area contributed by atoms with Crippen LogP contribution in [0.2, 0.25) is 0 Å². The first-order valence-corrected chi connectivity index (χ1v) is 12.9. The van der Waals surface area contributed by atoms with Gasteiger partial charge in [0.15, 0.2) is 15.8 Å². The zero-order chi connectivity index (χ0) is 20.8. The van der Waals surface area contributed by atoms with Crippen molar-refractivity contribution in [2.24, 2.45) is 4.99 Å². The van der Waals surface area contributed by atoms with E-state index in [2.05, 4.69) is 20.5 Å². The SMILES string of the molecule is CCNC(=NCCCS(=O)(=O)Cc1ccccc1)NCCCN1CCCCCC1.I. The monoisotopic (exact) mass is 550 g/mol. The predicted octanol–water partition coefficient (Wildman–Crippen LogP) is 3.43. The number of aliphatic imine (C=N–C) groups is 1. The molecule has 30 heavy (non-hydrogen) atoms. The van der Waals surface area contributed by atoms with Crippen LogP contribution in [0.1, 0.15) is 51.0 Å². The van der Waals surface area contributed by atoms with Gasteiger partial charge in [-0.05, 0) is 57.8 Å². The number of likely N-dealkylation sites (tertiary alicyclic amines) is 1. The molecule has 172 valence electrons. The van der Waals surface area contributed by atoms with Gasteiger partial charge < -0.3 is 15.5 Å². The Hall–Kier alpha value is -0.870. The molecule has 1 heterocycles. The lowest BCUT2D eigenvalue weighted by Gasteiger charge is -2.20. The average molecular weight is 551 g/mol. The number of sulfone groups is 1. The molecule has 1 aliphatic rings. The molecular weight excluding hydrogens is 511 g/mol. The standard InChI is InChI=1S/C22H38N4O2S.HI/c1-2-23-22(24-14-10-18-26-16-8-3-4-9-17-26)25-15-11-19-29(27,28)20-21-12-6-5-7-13-21;/h5-7,12-13H,2-4,8-11,14-20H2,1H3,(H2,23,24,25);1H. The van der Waals surface area contributed by atoms with E-state index in [-0.39, 0.29) is 35.5 Å². The highest BCUT2D eigenvalue weighted by atomic mass is 127. The number of rotatable bonds is 11. The van der Waals surface area contributed by atoms with Crippen molar-refractivity contribution in [1.29, 1.82) is 0 Å². The molecule has 1 aromatic rings. The maximum Gasteiger partial charge on any atom is 0.191 e. The summed E-state index contributed by atoms with van der Waals surface area (Å²) in [6.45, 7) is 7.81. The summed E-state index contributed by atoms with van der Waals surface area (Å²) in [6, 6.07) is 9.35. The molecule has 0 spiro atoms. The summed E-state index contributed by atoms with van der Waals surface area (Å²) in [5.41, 5.74) is 0.843. The quantitative estimate of drug-likeness (QED) is 0.191. The number of nitrogens with zero attached hydrogens (tertiary/aromatic N) is 2. The van der Waals surface area contributed by atoms with E-state index in [0.717, 1.165) is 37.6 Å². The van der Waals surface area contributed by atoms with Gasteiger partial charge in [0.1, 0.15) is 0 Å². The van der Waals surface area contributed by atoms with E-state index < -0.39 is 9.84 Å². The largest absolute Gasteiger partial charge is 0.357 e. The Balaban J connectivity index is 0.00000450. The summed E-state index contributed by atoms with van der Waals surface area (Å²) < 4.78 is 24.5. The molecule has 6 nitrogen and oxygen atoms in total. The van der Waals surface area contributed by atoms with Crippen molar-refractivity contribution in [2.75, 3.05) is 45.0 Å². The fourth-order valence-corrected chi connectivity index (χ4v) is 5.00. The van der Waals surface area contributed by atoms with Crippen molar-refractivity contribution in [3.63, 3.8) is 0 Å². The maximum absolute atomic E-state index is 12.3. The van der Waals surface area contributed by atoms with Gasteiger partial charge in [0.05, 0.1) is 11.5 Å². The lowest BCUT2D eigenvalue weighted by Crippen LogP contribution is -2.39. The van der Waals surface area contributed by atoms with E-state index in [1.807, 2.05) is 37.3 Å². The number of nitrogens with one attached hydrogen (secondary N) is 2. The Labute approximate surface area is 200 Å². The van der Waals surface area contributed by atoms with Gasteiger partial charge in [-0.3, -0.25) is 4.99 Å². The Morgan fingerprint density at radius 3 is 2.40 bits per heavy atom. The first-order valence-electron chi connectivity index (χ1n) is 11.1. The second kappa shape index (κ2) is 15.9. The number of halogens is 1. The second-order valence-electron chi connectivity index (χ2n) is 7.73. The maximum atomic E-state index is 12.3. The average Bonchev–Trinajstić information content (AvgIpc) is 2.97. The smallest absolute Gasteiger partial charge is 0.191 e. The summed E-state index contributed by atoms with van der Waals surface area (Å²) >= 11 is 0. The third kappa shape index (κ3) is 12.1. The van der Waals surface area contributed by atoms with Crippen molar-refractivity contribution < 1.29 is 8.42 Å². The minimum absolute atomic E-state index is 0. The molecule has 0 saturated carbocycles. The zero-order valence-electron chi connectivity index (χ0n) is 18.3. The highest BCUT2D eigenvalue weighted by Gasteiger charge is 2.11. The van der Waals surface area contributed by atoms with Crippen LogP contribution >= 0.6 is 24.0 Å². The molecule has 2 rings (SSSR count). The molecule has 2 N–H and O–H groups in total. The highest BCUT2D eigenvalue weighted by molar-refractivity contribution is 14.0. The first-order chi connectivity index (χ1) is 14.1. The molecule has 1 fully saturated rings. The summed E-state index contributed by atoms with van der Waals surface area (Å²) in [6.07, 6.45) is 7.02. The minimum atomic E-state index is -3.10. The fourth-order valence-electron chi connectivity index (χ4n) is 3.59. The van der Waals surface area contributed by atoms with Crippen LogP contribution in [0.3, 0.4) is 0 Å². The fraction of sp³-hybridized carbons (Fsp3) is 0.682. The van der Waals surface area contributed by atoms with Crippen LogP contribution in [0.25, 0.3) is 0 Å². The van der Waals surface area contributed by atoms with Crippen molar-refractivity contribution in [3.8, 4) is 0 Å². The summed E-state index contributed by atoms with van der Waals surface area (Å²) in [7, 11) is -3.10. The Morgan fingerprint density at radius 1 is 1.03 bits per heavy atom. The van der Waals surface area contributed by atoms with E-state index in [0.29, 0.717) is 13.0 Å². The van der Waals surface area contributed by atoms with Crippen molar-refractivity contribution in [2.45, 2.75) is 51.2 Å². The van der Waals surface area contributed by atoms with Crippen LogP contribution in [-0.4, -0.2) is 64.3 Å². The zero-order valence-corrected chi connectivity index (χ0v) is 21.5. The van der Waals surface area contributed by atoms with Crippen LogP contribution in [0.4, 0.5) is 0 Å². The second-order valence-corrected chi connectivity index (χ2v) is 9.91. The van der Waals surface area contributed by atoms with E-state index >= 15 is 0 Å². The van der Waals surface area contributed by atoms with Gasteiger partial charge in [-0.2, -0.15) is 0 Å². The molecule has 0 atom stereocenters. The molecule has 0 aliphatic carbocycles. The molecule has 0 radical (unpaired) electrons. The van der Waals surface area contributed by atoms with Crippen LogP contribution < -0.4 is 10.6 Å². The Morgan fingerprint density at radius 2 is 1.73 bits per heavy atom. The molecule has 0 amide bonds. The molecular formula is C22H39IN4O2S. The van der Waals surface area contributed by atoms with Crippen LogP contribution in [0, 0.1) is 0 Å². The third-order valence-corrected chi connectivity index (χ3v) is 6.78. The Kier molecular flexibility index (Phi) is 14.4. The van der Waals surface area contributed by atoms with E-state index in [9.17, 15) is 8.42 Å². The van der Waals surface area contributed by atoms with Gasteiger partial charge in [0.25, 0.3) is 0 Å². The molecule has 1 aromatic carbocycles. The molecule has 0 aromatic heterocycles. The lowest BCUT2D eigenvalue weighted by atomic mass is 10.2. The number of hydrogen-bond acceptors (Lipinski definition) is 4. The molecule has 1 saturated heterocycles. The summed E-state index contributed by atoms with van der Waals surface area (Å²) in [5.74, 6) is 1.05. The van der Waals surface area contributed by atoms with Gasteiger partial charge in [0, 0.05) is 19.6 Å². The van der Waals surface area contributed by atoms with Gasteiger partial charge in [-0.25, -0.2) is 8.42 Å². The topological polar surface area (TPSA) is 73.8 Å². The predicted molar refractivity (Wildman–Crippen MR) is 137 cm³/mol. The number of benzene rings is 1. The van der Waals surface area contributed by atoms with Crippen molar-refractivity contribution >= 4 is 39.8 Å². The number of hydrogen-bond donors (Lipinski definition) is 2. The van der Waals surface area contributed by atoms with E-state index in [1.165, 1.54) is 38.8 Å². The molecule has 1 aliphatic heterocycles. The van der Waals surface area contributed by atoms with Crippen molar-refractivity contribution in [3.05, 3.63) is 35.9 Å². The lowest BCUT2D eigenvalue weighted by molar-refractivity contribution is 0.282. The minimum Gasteiger partial charge on any atom is -0.357 e.